The molecule has 0 saturated carbocycles. The van der Waals surface area contributed by atoms with Gasteiger partial charge in [0.05, 0.1) is 26.2 Å². The van der Waals surface area contributed by atoms with Gasteiger partial charge in [0.1, 0.15) is 12.1 Å². The molecule has 16 nitrogen and oxygen atoms in total. The fourth-order valence-electron chi connectivity index (χ4n) is 2.20. The van der Waals surface area contributed by atoms with E-state index < -0.39 is 79.0 Å². The van der Waals surface area contributed by atoms with Crippen LogP contribution in [0, 0.1) is 0 Å². The molecule has 0 aliphatic carbocycles. The lowest BCUT2D eigenvalue weighted by atomic mass is 10.1. The van der Waals surface area contributed by atoms with Crippen molar-refractivity contribution < 1.29 is 38.4 Å². The number of nitrogens with two attached hydrogens (primary N) is 2. The zero-order valence-electron chi connectivity index (χ0n) is 18.8. The van der Waals surface area contributed by atoms with E-state index in [-0.39, 0.29) is 19.4 Å². The summed E-state index contributed by atoms with van der Waals surface area (Å²) >= 11 is 0. The molecule has 0 spiro atoms. The second kappa shape index (κ2) is 15.5. The molecule has 0 unspecified atom stereocenters. The highest BCUT2D eigenvalue weighted by Gasteiger charge is 2.25. The zero-order valence-corrected chi connectivity index (χ0v) is 18.8. The highest BCUT2D eigenvalue weighted by atomic mass is 16.2. The Morgan fingerprint density at radius 3 is 1.71 bits per heavy atom. The van der Waals surface area contributed by atoms with E-state index in [2.05, 4.69) is 31.9 Å². The standard InChI is InChI=1S/C18H30N8O8/c1-9(17(33)24-7-15(31)22-5-13(20)29)25-18(34)11(3-4-12(19)28)26-16(32)8-23-14(30)6-21-10(2)27/h9,11H,3-8H2,1-2H3,(H2,19,28)(H2,20,29)(H,21,27)(H,22,31)(H,23,30)(H,24,33)(H,25,34)(H,26,32)/t9-,11-/m0/s1. The SMILES string of the molecule is CC(=O)NCC(=O)NCC(=O)N[C@@H](CCC(N)=O)C(=O)N[C@@H](C)C(=O)NCC(=O)NCC(N)=O. The molecule has 0 heterocycles. The van der Waals surface area contributed by atoms with Gasteiger partial charge in [-0.25, -0.2) is 0 Å². The lowest BCUT2D eigenvalue weighted by molar-refractivity contribution is -0.133. The Kier molecular flexibility index (Phi) is 13.6. The van der Waals surface area contributed by atoms with Gasteiger partial charge in [0, 0.05) is 13.3 Å². The van der Waals surface area contributed by atoms with Gasteiger partial charge in [-0.15, -0.1) is 0 Å². The van der Waals surface area contributed by atoms with Crippen molar-refractivity contribution in [1.29, 1.82) is 0 Å². The van der Waals surface area contributed by atoms with E-state index in [4.69, 9.17) is 11.5 Å². The van der Waals surface area contributed by atoms with Crippen LogP contribution in [-0.4, -0.2) is 85.5 Å². The Labute approximate surface area is 194 Å². The van der Waals surface area contributed by atoms with Gasteiger partial charge in [0.15, 0.2) is 0 Å². The van der Waals surface area contributed by atoms with E-state index >= 15 is 0 Å². The monoisotopic (exact) mass is 486 g/mol. The van der Waals surface area contributed by atoms with Gasteiger partial charge in [-0.3, -0.25) is 38.4 Å². The Bertz CT molecular complexity index is 816. The largest absolute Gasteiger partial charge is 0.370 e. The van der Waals surface area contributed by atoms with Crippen molar-refractivity contribution in [2.45, 2.75) is 38.8 Å². The summed E-state index contributed by atoms with van der Waals surface area (Å²) in [6, 6.07) is -2.40. The summed E-state index contributed by atoms with van der Waals surface area (Å²) in [7, 11) is 0. The van der Waals surface area contributed by atoms with E-state index in [1.165, 1.54) is 13.8 Å². The first-order valence-corrected chi connectivity index (χ1v) is 10.0. The number of hydrogen-bond acceptors (Lipinski definition) is 8. The summed E-state index contributed by atoms with van der Waals surface area (Å²) in [4.78, 5) is 92.2. The smallest absolute Gasteiger partial charge is 0.243 e. The first-order valence-electron chi connectivity index (χ1n) is 10.0. The van der Waals surface area contributed by atoms with Crippen molar-refractivity contribution in [3.05, 3.63) is 0 Å². The third-order valence-corrected chi connectivity index (χ3v) is 3.91. The van der Waals surface area contributed by atoms with E-state index in [9.17, 15) is 38.4 Å². The quantitative estimate of drug-likeness (QED) is 0.110. The van der Waals surface area contributed by atoms with Crippen LogP contribution in [0.1, 0.15) is 26.7 Å². The highest BCUT2D eigenvalue weighted by Crippen LogP contribution is 1.99. The summed E-state index contributed by atoms with van der Waals surface area (Å²) in [5.74, 6) is -5.60. The maximum Gasteiger partial charge on any atom is 0.243 e. The number of hydrogen-bond donors (Lipinski definition) is 8. The summed E-state index contributed by atoms with van der Waals surface area (Å²) in [6.45, 7) is 0.768. The molecule has 0 bridgehead atoms. The lowest BCUT2D eigenvalue weighted by Gasteiger charge is -2.21. The average Bonchev–Trinajstić information content (AvgIpc) is 2.75. The molecule has 0 aromatic rings. The van der Waals surface area contributed by atoms with Crippen molar-refractivity contribution in [2.24, 2.45) is 11.5 Å². The van der Waals surface area contributed by atoms with Gasteiger partial charge < -0.3 is 43.4 Å². The van der Waals surface area contributed by atoms with Gasteiger partial charge >= 0.3 is 0 Å². The molecule has 8 amide bonds. The van der Waals surface area contributed by atoms with Crippen molar-refractivity contribution >= 4 is 47.3 Å². The predicted octanol–water partition coefficient (Wildman–Crippen LogP) is -5.79. The first kappa shape index (κ1) is 29.8. The van der Waals surface area contributed by atoms with Crippen molar-refractivity contribution in [3.8, 4) is 0 Å². The fourth-order valence-corrected chi connectivity index (χ4v) is 2.20. The molecule has 34 heavy (non-hydrogen) atoms. The molecule has 0 aromatic carbocycles. The maximum absolute atomic E-state index is 12.5. The second-order valence-corrected chi connectivity index (χ2v) is 7.00. The molecule has 190 valence electrons. The molecule has 0 saturated heterocycles. The van der Waals surface area contributed by atoms with Gasteiger partial charge in [-0.2, -0.15) is 0 Å². The zero-order chi connectivity index (χ0) is 26.3. The first-order chi connectivity index (χ1) is 15.8. The molecule has 10 N–H and O–H groups in total. The molecule has 16 heteroatoms. The normalized spacial score (nSPS) is 11.7. The summed E-state index contributed by atoms with van der Waals surface area (Å²) in [5.41, 5.74) is 9.96. The van der Waals surface area contributed by atoms with Crippen molar-refractivity contribution in [2.75, 3.05) is 26.2 Å². The summed E-state index contributed by atoms with van der Waals surface area (Å²) in [6.07, 6.45) is -0.440. The van der Waals surface area contributed by atoms with Crippen molar-refractivity contribution in [3.63, 3.8) is 0 Å². The molecule has 0 aromatic heterocycles. The van der Waals surface area contributed by atoms with Crippen molar-refractivity contribution in [1.82, 2.24) is 31.9 Å². The topological polar surface area (TPSA) is 261 Å². The van der Waals surface area contributed by atoms with Gasteiger partial charge in [0.2, 0.25) is 47.3 Å². The van der Waals surface area contributed by atoms with Crippen LogP contribution in [0.4, 0.5) is 0 Å². The summed E-state index contributed by atoms with van der Waals surface area (Å²) in [5, 5.41) is 13.5. The van der Waals surface area contributed by atoms with Crippen LogP contribution < -0.4 is 43.4 Å². The molecular formula is C18H30N8O8. The molecular weight excluding hydrogens is 456 g/mol. The number of carbonyl (C=O) groups excluding carboxylic acids is 8. The minimum Gasteiger partial charge on any atom is -0.370 e. The van der Waals surface area contributed by atoms with Gasteiger partial charge in [-0.1, -0.05) is 0 Å². The van der Waals surface area contributed by atoms with Crippen LogP contribution >= 0.6 is 0 Å². The Morgan fingerprint density at radius 1 is 0.647 bits per heavy atom. The Morgan fingerprint density at radius 2 is 1.18 bits per heavy atom. The minimum atomic E-state index is -1.26. The number of nitrogens with one attached hydrogen (secondary N) is 6. The third-order valence-electron chi connectivity index (χ3n) is 3.91. The summed E-state index contributed by atoms with van der Waals surface area (Å²) < 4.78 is 0. The number of amides is 8. The fraction of sp³-hybridized carbons (Fsp3) is 0.556. The maximum atomic E-state index is 12.5. The van der Waals surface area contributed by atoms with Crippen LogP contribution in [0.25, 0.3) is 0 Å². The Balaban J connectivity index is 4.78. The van der Waals surface area contributed by atoms with Crippen LogP contribution in [0.5, 0.6) is 0 Å². The van der Waals surface area contributed by atoms with E-state index in [0.717, 1.165) is 0 Å². The number of carbonyl (C=O) groups is 8. The van der Waals surface area contributed by atoms with Crippen LogP contribution in [-0.2, 0) is 38.4 Å². The minimum absolute atomic E-state index is 0.184. The highest BCUT2D eigenvalue weighted by molar-refractivity contribution is 5.94. The van der Waals surface area contributed by atoms with Gasteiger partial charge in [0.25, 0.3) is 0 Å². The van der Waals surface area contributed by atoms with E-state index in [1.807, 2.05) is 0 Å². The molecule has 0 radical (unpaired) electrons. The molecule has 2 atom stereocenters. The number of primary amides is 2. The molecule has 0 rings (SSSR count). The average molecular weight is 486 g/mol. The predicted molar refractivity (Wildman–Crippen MR) is 115 cm³/mol. The lowest BCUT2D eigenvalue weighted by Crippen LogP contribution is -2.54. The number of rotatable bonds is 15. The molecule has 0 aliphatic rings. The molecule has 0 fully saturated rings. The third kappa shape index (κ3) is 14.7. The second-order valence-electron chi connectivity index (χ2n) is 7.00. The van der Waals surface area contributed by atoms with E-state index in [0.29, 0.717) is 0 Å². The molecule has 0 aliphatic heterocycles. The van der Waals surface area contributed by atoms with Crippen LogP contribution in [0.2, 0.25) is 0 Å². The van der Waals surface area contributed by atoms with Crippen LogP contribution in [0.15, 0.2) is 0 Å². The van der Waals surface area contributed by atoms with Gasteiger partial charge in [-0.05, 0) is 13.3 Å². The van der Waals surface area contributed by atoms with E-state index in [1.54, 1.807) is 0 Å². The Hall–Kier alpha value is -4.24. The van der Waals surface area contributed by atoms with Crippen LogP contribution in [0.3, 0.4) is 0 Å².